The average Bonchev–Trinajstić information content (AvgIpc) is 2.73. The SMILES string of the molecule is CC(C)(C)N1CC(C(=O)O)C(c2ccc(Cl)cc2F)C1. The lowest BCUT2D eigenvalue weighted by Crippen LogP contribution is -2.40. The van der Waals surface area contributed by atoms with Gasteiger partial charge in [-0.1, -0.05) is 17.7 Å². The van der Waals surface area contributed by atoms with Gasteiger partial charge >= 0.3 is 5.97 Å². The number of hydrogen-bond acceptors (Lipinski definition) is 2. The van der Waals surface area contributed by atoms with Gasteiger partial charge in [0.05, 0.1) is 5.92 Å². The van der Waals surface area contributed by atoms with Crippen LogP contribution in [-0.2, 0) is 4.79 Å². The summed E-state index contributed by atoms with van der Waals surface area (Å²) < 4.78 is 14.1. The van der Waals surface area contributed by atoms with Gasteiger partial charge in [0, 0.05) is 29.6 Å². The van der Waals surface area contributed by atoms with Crippen molar-refractivity contribution in [2.24, 2.45) is 5.92 Å². The molecule has 0 radical (unpaired) electrons. The minimum absolute atomic E-state index is 0.134. The molecule has 0 aromatic heterocycles. The Morgan fingerprint density at radius 1 is 1.40 bits per heavy atom. The topological polar surface area (TPSA) is 40.5 Å². The van der Waals surface area contributed by atoms with E-state index < -0.39 is 17.7 Å². The van der Waals surface area contributed by atoms with E-state index in [0.29, 0.717) is 23.7 Å². The smallest absolute Gasteiger partial charge is 0.308 e. The zero-order valence-corrected chi connectivity index (χ0v) is 12.6. The maximum atomic E-state index is 14.1. The third-order valence-corrected chi connectivity index (χ3v) is 4.18. The van der Waals surface area contributed by atoms with Gasteiger partial charge in [-0.15, -0.1) is 0 Å². The van der Waals surface area contributed by atoms with Crippen LogP contribution < -0.4 is 0 Å². The van der Waals surface area contributed by atoms with Crippen molar-refractivity contribution in [3.05, 3.63) is 34.6 Å². The molecule has 1 fully saturated rings. The van der Waals surface area contributed by atoms with Gasteiger partial charge in [0.15, 0.2) is 0 Å². The Morgan fingerprint density at radius 2 is 2.05 bits per heavy atom. The molecule has 1 aromatic rings. The largest absolute Gasteiger partial charge is 0.481 e. The van der Waals surface area contributed by atoms with Crippen LogP contribution in [0, 0.1) is 11.7 Å². The molecule has 1 saturated heterocycles. The molecule has 110 valence electrons. The fourth-order valence-corrected chi connectivity index (χ4v) is 2.88. The highest BCUT2D eigenvalue weighted by Crippen LogP contribution is 2.37. The highest BCUT2D eigenvalue weighted by Gasteiger charge is 2.42. The monoisotopic (exact) mass is 299 g/mol. The summed E-state index contributed by atoms with van der Waals surface area (Å²) in [5.41, 5.74) is 0.305. The first kappa shape index (κ1) is 15.3. The highest BCUT2D eigenvalue weighted by molar-refractivity contribution is 6.30. The van der Waals surface area contributed by atoms with Crippen LogP contribution >= 0.6 is 11.6 Å². The predicted molar refractivity (Wildman–Crippen MR) is 76.6 cm³/mol. The highest BCUT2D eigenvalue weighted by atomic mass is 35.5. The standard InChI is InChI=1S/C15H19ClFNO2/c1-15(2,3)18-7-11(12(8-18)14(19)20)10-5-4-9(16)6-13(10)17/h4-6,11-12H,7-8H2,1-3H3,(H,19,20). The molecule has 5 heteroatoms. The molecule has 2 unspecified atom stereocenters. The maximum Gasteiger partial charge on any atom is 0.308 e. The van der Waals surface area contributed by atoms with Crippen LogP contribution in [0.1, 0.15) is 32.3 Å². The first-order valence-electron chi connectivity index (χ1n) is 6.63. The van der Waals surface area contributed by atoms with Crippen LogP contribution in [0.5, 0.6) is 0 Å². The molecule has 1 aliphatic rings. The minimum atomic E-state index is -0.879. The van der Waals surface area contributed by atoms with Crippen LogP contribution in [0.3, 0.4) is 0 Å². The second-order valence-electron chi connectivity index (χ2n) is 6.29. The molecule has 1 aromatic carbocycles. The van der Waals surface area contributed by atoms with Crippen molar-refractivity contribution in [1.29, 1.82) is 0 Å². The van der Waals surface area contributed by atoms with Crippen LogP contribution in [-0.4, -0.2) is 34.6 Å². The molecule has 0 amide bonds. The molecule has 0 aliphatic carbocycles. The van der Waals surface area contributed by atoms with E-state index in [9.17, 15) is 14.3 Å². The molecular formula is C15H19ClFNO2. The number of nitrogens with zero attached hydrogens (tertiary/aromatic N) is 1. The molecule has 2 atom stereocenters. The summed E-state index contributed by atoms with van der Waals surface area (Å²) in [6.45, 7) is 7.08. The second kappa shape index (κ2) is 5.34. The average molecular weight is 300 g/mol. The van der Waals surface area contributed by atoms with E-state index in [2.05, 4.69) is 4.90 Å². The molecule has 0 saturated carbocycles. The number of rotatable bonds is 2. The van der Waals surface area contributed by atoms with Gasteiger partial charge in [0.2, 0.25) is 0 Å². The molecule has 0 bridgehead atoms. The molecule has 1 heterocycles. The van der Waals surface area contributed by atoms with E-state index in [1.165, 1.54) is 6.07 Å². The first-order chi connectivity index (χ1) is 9.20. The van der Waals surface area contributed by atoms with Gasteiger partial charge < -0.3 is 5.11 Å². The van der Waals surface area contributed by atoms with Gasteiger partial charge in [-0.05, 0) is 38.5 Å². The Hall–Kier alpha value is -1.13. The summed E-state index contributed by atoms with van der Waals surface area (Å²) in [5, 5.41) is 9.72. The lowest BCUT2D eigenvalue weighted by molar-refractivity contribution is -0.141. The number of carboxylic acids is 1. The van der Waals surface area contributed by atoms with E-state index >= 15 is 0 Å². The molecule has 0 spiro atoms. The molecule has 2 rings (SSSR count). The molecular weight excluding hydrogens is 281 g/mol. The van der Waals surface area contributed by atoms with Crippen LogP contribution in [0.2, 0.25) is 5.02 Å². The minimum Gasteiger partial charge on any atom is -0.481 e. The third kappa shape index (κ3) is 2.96. The van der Waals surface area contributed by atoms with Crippen molar-refractivity contribution in [3.63, 3.8) is 0 Å². The zero-order valence-electron chi connectivity index (χ0n) is 11.9. The number of carbonyl (C=O) groups is 1. The Labute approximate surface area is 123 Å². The van der Waals surface area contributed by atoms with Gasteiger partial charge in [-0.25, -0.2) is 4.39 Å². The summed E-state index contributed by atoms with van der Waals surface area (Å²) in [4.78, 5) is 13.5. The fourth-order valence-electron chi connectivity index (χ4n) is 2.72. The third-order valence-electron chi connectivity index (χ3n) is 3.95. The van der Waals surface area contributed by atoms with Gasteiger partial charge in [0.25, 0.3) is 0 Å². The number of likely N-dealkylation sites (tertiary alicyclic amines) is 1. The van der Waals surface area contributed by atoms with Crippen LogP contribution in [0.4, 0.5) is 4.39 Å². The van der Waals surface area contributed by atoms with Crippen LogP contribution in [0.15, 0.2) is 18.2 Å². The summed E-state index contributed by atoms with van der Waals surface area (Å²) in [7, 11) is 0. The Morgan fingerprint density at radius 3 is 2.55 bits per heavy atom. The number of carboxylic acid groups (broad SMARTS) is 1. The molecule has 1 aliphatic heterocycles. The maximum absolute atomic E-state index is 14.1. The van der Waals surface area contributed by atoms with Crippen molar-refractivity contribution < 1.29 is 14.3 Å². The fraction of sp³-hybridized carbons (Fsp3) is 0.533. The molecule has 1 N–H and O–H groups in total. The normalized spacial score (nSPS) is 24.1. The second-order valence-corrected chi connectivity index (χ2v) is 6.73. The summed E-state index contributed by atoms with van der Waals surface area (Å²) in [6, 6.07) is 4.46. The van der Waals surface area contributed by atoms with E-state index in [1.54, 1.807) is 12.1 Å². The number of benzene rings is 1. The van der Waals surface area contributed by atoms with Crippen molar-refractivity contribution >= 4 is 17.6 Å². The Balaban J connectivity index is 2.35. The molecule has 20 heavy (non-hydrogen) atoms. The van der Waals surface area contributed by atoms with Crippen LogP contribution in [0.25, 0.3) is 0 Å². The summed E-state index contributed by atoms with van der Waals surface area (Å²) in [6.07, 6.45) is 0. The van der Waals surface area contributed by atoms with E-state index in [0.717, 1.165) is 0 Å². The van der Waals surface area contributed by atoms with Gasteiger partial charge in [0.1, 0.15) is 5.82 Å². The number of hydrogen-bond donors (Lipinski definition) is 1. The van der Waals surface area contributed by atoms with Crippen molar-refractivity contribution in [1.82, 2.24) is 4.90 Å². The predicted octanol–water partition coefficient (Wildman–Crippen LogP) is 3.38. The zero-order chi connectivity index (χ0) is 15.1. The Bertz CT molecular complexity index is 527. The van der Waals surface area contributed by atoms with Gasteiger partial charge in [-0.3, -0.25) is 9.69 Å². The lowest BCUT2D eigenvalue weighted by Gasteiger charge is -2.31. The summed E-state index contributed by atoms with van der Waals surface area (Å²) >= 11 is 5.76. The number of aliphatic carboxylic acids is 1. The van der Waals surface area contributed by atoms with Crippen molar-refractivity contribution in [2.75, 3.05) is 13.1 Å². The van der Waals surface area contributed by atoms with Crippen molar-refractivity contribution in [3.8, 4) is 0 Å². The van der Waals surface area contributed by atoms with Gasteiger partial charge in [-0.2, -0.15) is 0 Å². The number of halogens is 2. The first-order valence-corrected chi connectivity index (χ1v) is 7.00. The Kier molecular flexibility index (Phi) is 4.07. The molecule has 3 nitrogen and oxygen atoms in total. The lowest BCUT2D eigenvalue weighted by atomic mass is 9.89. The quantitative estimate of drug-likeness (QED) is 0.910. The van der Waals surface area contributed by atoms with E-state index in [1.807, 2.05) is 20.8 Å². The van der Waals surface area contributed by atoms with E-state index in [-0.39, 0.29) is 11.5 Å². The van der Waals surface area contributed by atoms with E-state index in [4.69, 9.17) is 11.6 Å². The summed E-state index contributed by atoms with van der Waals surface area (Å²) in [5.74, 6) is -2.24. The van der Waals surface area contributed by atoms with Crippen molar-refractivity contribution in [2.45, 2.75) is 32.2 Å².